The van der Waals surface area contributed by atoms with Crippen LogP contribution in [0, 0.1) is 5.92 Å². The molecule has 0 spiro atoms. The number of aromatic nitrogens is 2. The molecular formula is C28H40Cl2N8O3S. The second-order valence-corrected chi connectivity index (χ2v) is 14.6. The molecule has 11 nitrogen and oxygen atoms in total. The lowest BCUT2D eigenvalue weighted by atomic mass is 9.78. The zero-order chi connectivity index (χ0) is 29.4. The number of piperazine rings is 2. The predicted molar refractivity (Wildman–Crippen MR) is 164 cm³/mol. The summed E-state index contributed by atoms with van der Waals surface area (Å²) in [7, 11) is -1.40. The summed E-state index contributed by atoms with van der Waals surface area (Å²) in [5, 5.41) is 1.05. The minimum Gasteiger partial charge on any atom is -0.370 e. The number of hydrazine groups is 1. The van der Waals surface area contributed by atoms with Gasteiger partial charge in [-0.1, -0.05) is 29.3 Å². The molecule has 4 unspecified atom stereocenters. The van der Waals surface area contributed by atoms with Crippen molar-refractivity contribution in [3.63, 3.8) is 0 Å². The number of ether oxygens (including phenoxy) is 1. The highest BCUT2D eigenvalue weighted by Crippen LogP contribution is 2.41. The zero-order valence-electron chi connectivity index (χ0n) is 24.1. The quantitative estimate of drug-likeness (QED) is 0.473. The molecule has 2 aromatic heterocycles. The molecule has 42 heavy (non-hydrogen) atoms. The topological polar surface area (TPSA) is 106 Å². The maximum Gasteiger partial charge on any atom is 0.282 e. The average molecular weight is 640 g/mol. The van der Waals surface area contributed by atoms with Crippen molar-refractivity contribution in [2.24, 2.45) is 5.92 Å². The van der Waals surface area contributed by atoms with E-state index < -0.39 is 10.2 Å². The van der Waals surface area contributed by atoms with Gasteiger partial charge in [0.05, 0.1) is 28.3 Å². The first kappa shape index (κ1) is 30.4. The van der Waals surface area contributed by atoms with E-state index in [-0.39, 0.29) is 18.2 Å². The van der Waals surface area contributed by atoms with Crippen molar-refractivity contribution < 1.29 is 13.2 Å². The minimum atomic E-state index is -3.42. The van der Waals surface area contributed by atoms with E-state index in [0.29, 0.717) is 61.3 Å². The van der Waals surface area contributed by atoms with Crippen LogP contribution >= 0.6 is 23.2 Å². The molecule has 0 radical (unpaired) electrons. The van der Waals surface area contributed by atoms with Gasteiger partial charge >= 0.3 is 0 Å². The van der Waals surface area contributed by atoms with Gasteiger partial charge in [-0.25, -0.2) is 10.4 Å². The fourth-order valence-electron chi connectivity index (χ4n) is 6.74. The fourth-order valence-corrected chi connectivity index (χ4v) is 8.98. The van der Waals surface area contributed by atoms with Crippen LogP contribution in [0.5, 0.6) is 0 Å². The minimum absolute atomic E-state index is 0.0939. The molecular weight excluding hydrogens is 599 g/mol. The summed E-state index contributed by atoms with van der Waals surface area (Å²) in [6.07, 6.45) is 7.90. The summed E-state index contributed by atoms with van der Waals surface area (Å²) >= 11 is 12.8. The van der Waals surface area contributed by atoms with E-state index in [1.807, 2.05) is 20.2 Å². The number of pyridine rings is 2. The van der Waals surface area contributed by atoms with Crippen LogP contribution < -0.4 is 15.8 Å². The number of fused-ring (bicyclic) bond motifs is 1. The van der Waals surface area contributed by atoms with Crippen molar-refractivity contribution in [1.29, 1.82) is 0 Å². The molecule has 2 N–H and O–H groups in total. The second-order valence-electron chi connectivity index (χ2n) is 11.8. The van der Waals surface area contributed by atoms with Crippen molar-refractivity contribution in [1.82, 2.24) is 34.3 Å². The van der Waals surface area contributed by atoms with Crippen molar-refractivity contribution in [2.45, 2.75) is 50.5 Å². The van der Waals surface area contributed by atoms with Crippen LogP contribution in [-0.4, -0.2) is 103 Å². The summed E-state index contributed by atoms with van der Waals surface area (Å²) in [5.41, 5.74) is 8.91. The molecule has 1 aliphatic carbocycles. The molecule has 230 valence electrons. The first-order valence-electron chi connectivity index (χ1n) is 14.8. The maximum atomic E-state index is 13.1. The Balaban J connectivity index is 1.05. The van der Waals surface area contributed by atoms with E-state index in [2.05, 4.69) is 37.8 Å². The van der Waals surface area contributed by atoms with Gasteiger partial charge in [-0.2, -0.15) is 17.0 Å². The predicted octanol–water partition coefficient (Wildman–Crippen LogP) is 2.86. The molecule has 2 aromatic rings. The molecule has 4 aliphatic rings. The van der Waals surface area contributed by atoms with Gasteiger partial charge in [0.25, 0.3) is 10.2 Å². The van der Waals surface area contributed by atoms with Gasteiger partial charge in [0.15, 0.2) is 0 Å². The molecule has 6 rings (SSSR count). The van der Waals surface area contributed by atoms with Gasteiger partial charge in [0, 0.05) is 82.6 Å². The summed E-state index contributed by atoms with van der Waals surface area (Å²) in [6.45, 7) is 6.80. The van der Waals surface area contributed by atoms with E-state index in [1.54, 1.807) is 21.0 Å². The van der Waals surface area contributed by atoms with Crippen molar-refractivity contribution in [3.8, 4) is 0 Å². The highest BCUT2D eigenvalue weighted by Gasteiger charge is 2.42. The van der Waals surface area contributed by atoms with Crippen LogP contribution in [0.4, 0.5) is 5.82 Å². The first-order valence-corrected chi connectivity index (χ1v) is 17.0. The van der Waals surface area contributed by atoms with Gasteiger partial charge in [-0.15, -0.1) is 0 Å². The fraction of sp³-hybridized carbons (Fsp3) is 0.643. The van der Waals surface area contributed by atoms with Gasteiger partial charge in [0.1, 0.15) is 5.82 Å². The van der Waals surface area contributed by atoms with Crippen LogP contribution in [0.15, 0.2) is 30.7 Å². The maximum absolute atomic E-state index is 13.1. The molecule has 0 aromatic carbocycles. The molecule has 0 amide bonds. The molecule has 3 saturated heterocycles. The molecule has 3 aliphatic heterocycles. The number of anilines is 1. The summed E-state index contributed by atoms with van der Waals surface area (Å²) in [5.74, 6) is 1.23. The van der Waals surface area contributed by atoms with Crippen molar-refractivity contribution in [2.75, 3.05) is 64.3 Å². The normalized spacial score (nSPS) is 29.0. The second kappa shape index (κ2) is 12.8. The summed E-state index contributed by atoms with van der Waals surface area (Å²) in [4.78, 5) is 13.2. The highest BCUT2D eigenvalue weighted by molar-refractivity contribution is 7.86. The Morgan fingerprint density at radius 3 is 2.24 bits per heavy atom. The summed E-state index contributed by atoms with van der Waals surface area (Å²) in [6, 6.07) is 4.69. The number of hydrogen-bond donors (Lipinski definition) is 2. The van der Waals surface area contributed by atoms with Crippen LogP contribution in [0.3, 0.4) is 0 Å². The molecule has 5 heterocycles. The average Bonchev–Trinajstić information content (AvgIpc) is 3.41. The molecule has 0 bridgehead atoms. The third-order valence-electron chi connectivity index (χ3n) is 9.20. The Kier molecular flexibility index (Phi) is 9.26. The van der Waals surface area contributed by atoms with Gasteiger partial charge in [0.2, 0.25) is 0 Å². The Bertz CT molecular complexity index is 1320. The van der Waals surface area contributed by atoms with Crippen LogP contribution in [-0.2, 0) is 14.9 Å². The standard InChI is InChI=1S/C28H40Cl2N8O3S/c1-19(27-23(29)17-31-18-24(27)30)41-21-4-5-25-22(15-21)28(34-33-25)20-3-6-26(32-16-20)36-9-13-38(14-10-36)42(39,40)37-11-7-35(2)8-12-37/h3,6,16-19,21-22,25,28,33-34H,4-5,7-15H2,1-2H3/t19-,21?,22?,25?,28?/m1/s1. The zero-order valence-corrected chi connectivity index (χ0v) is 26.5. The largest absolute Gasteiger partial charge is 0.370 e. The number of halogens is 2. The third kappa shape index (κ3) is 6.29. The Morgan fingerprint density at radius 2 is 1.60 bits per heavy atom. The van der Waals surface area contributed by atoms with Gasteiger partial charge in [-0.05, 0) is 50.8 Å². The Morgan fingerprint density at radius 1 is 0.929 bits per heavy atom. The van der Waals surface area contributed by atoms with Crippen molar-refractivity contribution in [3.05, 3.63) is 51.9 Å². The first-order chi connectivity index (χ1) is 20.2. The SMILES string of the molecule is C[C@@H](OC1CCC2NNC(c3ccc(N4CCN(S(=O)(=O)N5CCN(C)CC5)CC4)nc3)C2C1)c1c(Cl)cncc1Cl. The number of hydrogen-bond acceptors (Lipinski definition) is 9. The van der Waals surface area contributed by atoms with Gasteiger partial charge in [-0.3, -0.25) is 10.4 Å². The van der Waals surface area contributed by atoms with E-state index in [9.17, 15) is 8.42 Å². The highest BCUT2D eigenvalue weighted by atomic mass is 35.5. The lowest BCUT2D eigenvalue weighted by Crippen LogP contribution is -2.56. The van der Waals surface area contributed by atoms with E-state index in [0.717, 1.165) is 49.3 Å². The lowest BCUT2D eigenvalue weighted by molar-refractivity contribution is -0.0370. The van der Waals surface area contributed by atoms with Crippen LogP contribution in [0.2, 0.25) is 10.0 Å². The molecule has 4 fully saturated rings. The molecule has 14 heteroatoms. The van der Waals surface area contributed by atoms with E-state index >= 15 is 0 Å². The van der Waals surface area contributed by atoms with E-state index in [1.165, 1.54) is 0 Å². The molecule has 1 saturated carbocycles. The Hall–Kier alpha value is -1.61. The number of nitrogens with zero attached hydrogens (tertiary/aromatic N) is 6. The van der Waals surface area contributed by atoms with Crippen molar-refractivity contribution >= 4 is 39.2 Å². The number of likely N-dealkylation sites (N-methyl/N-ethyl adjacent to an activating group) is 1. The Labute approximate surface area is 258 Å². The lowest BCUT2D eigenvalue weighted by Gasteiger charge is -2.39. The smallest absolute Gasteiger partial charge is 0.282 e. The monoisotopic (exact) mass is 638 g/mol. The van der Waals surface area contributed by atoms with E-state index in [4.69, 9.17) is 32.9 Å². The van der Waals surface area contributed by atoms with Gasteiger partial charge < -0.3 is 14.5 Å². The number of nitrogens with one attached hydrogen (secondary N) is 2. The third-order valence-corrected chi connectivity index (χ3v) is 11.8. The van der Waals surface area contributed by atoms with Crippen LogP contribution in [0.25, 0.3) is 0 Å². The van der Waals surface area contributed by atoms with Crippen LogP contribution in [0.1, 0.15) is 49.5 Å². The number of rotatable bonds is 7. The molecule has 5 atom stereocenters. The summed E-state index contributed by atoms with van der Waals surface area (Å²) < 4.78 is 36.0.